The van der Waals surface area contributed by atoms with Crippen LogP contribution in [0.2, 0.25) is 0 Å². The number of carbonyl (C=O) groups excluding carboxylic acids is 3. The van der Waals surface area contributed by atoms with Crippen LogP contribution in [-0.2, 0) is 20.7 Å². The molecular weight excluding hydrogens is 394 g/mol. The molecule has 0 fully saturated rings. The SMILES string of the molecule is COC(=O)[C@H](NC(=O)[C@H](Cc1c[nH]c2ccccc12)NC(=O)c1ccccc1)C(C)C. The number of amides is 2. The second-order valence-corrected chi connectivity index (χ2v) is 7.71. The first-order chi connectivity index (χ1) is 14.9. The first kappa shape index (κ1) is 22.1. The van der Waals surface area contributed by atoms with Gasteiger partial charge < -0.3 is 20.4 Å². The molecule has 162 valence electrons. The average molecular weight is 421 g/mol. The first-order valence-corrected chi connectivity index (χ1v) is 10.2. The Morgan fingerprint density at radius 2 is 1.65 bits per heavy atom. The van der Waals surface area contributed by atoms with Crippen molar-refractivity contribution < 1.29 is 19.1 Å². The first-order valence-electron chi connectivity index (χ1n) is 10.2. The summed E-state index contributed by atoms with van der Waals surface area (Å²) in [6.45, 7) is 3.64. The van der Waals surface area contributed by atoms with Crippen LogP contribution in [0.3, 0.4) is 0 Å². The number of nitrogens with one attached hydrogen (secondary N) is 3. The molecule has 3 rings (SSSR count). The third-order valence-electron chi connectivity index (χ3n) is 5.18. The van der Waals surface area contributed by atoms with Crippen LogP contribution in [0.4, 0.5) is 0 Å². The van der Waals surface area contributed by atoms with Crippen molar-refractivity contribution in [2.45, 2.75) is 32.4 Å². The number of carbonyl (C=O) groups is 3. The molecule has 2 aromatic carbocycles. The van der Waals surface area contributed by atoms with Crippen molar-refractivity contribution in [3.63, 3.8) is 0 Å². The van der Waals surface area contributed by atoms with E-state index in [2.05, 4.69) is 15.6 Å². The lowest BCUT2D eigenvalue weighted by Crippen LogP contribution is -2.54. The number of para-hydroxylation sites is 1. The van der Waals surface area contributed by atoms with E-state index < -0.39 is 24.0 Å². The zero-order valence-corrected chi connectivity index (χ0v) is 17.8. The summed E-state index contributed by atoms with van der Waals surface area (Å²) in [6, 6.07) is 14.8. The minimum Gasteiger partial charge on any atom is -0.467 e. The number of esters is 1. The minimum atomic E-state index is -0.877. The van der Waals surface area contributed by atoms with E-state index in [0.29, 0.717) is 5.56 Å². The van der Waals surface area contributed by atoms with Crippen LogP contribution in [0, 0.1) is 5.92 Å². The van der Waals surface area contributed by atoms with Crippen LogP contribution in [0.5, 0.6) is 0 Å². The number of benzene rings is 2. The van der Waals surface area contributed by atoms with Crippen molar-refractivity contribution >= 4 is 28.7 Å². The minimum absolute atomic E-state index is 0.171. The summed E-state index contributed by atoms with van der Waals surface area (Å²) in [5, 5.41) is 6.54. The molecule has 0 aliphatic heterocycles. The summed E-state index contributed by atoms with van der Waals surface area (Å²) in [7, 11) is 1.28. The fourth-order valence-corrected chi connectivity index (χ4v) is 3.44. The van der Waals surface area contributed by atoms with Gasteiger partial charge in [0.05, 0.1) is 7.11 Å². The van der Waals surface area contributed by atoms with E-state index >= 15 is 0 Å². The van der Waals surface area contributed by atoms with Crippen molar-refractivity contribution in [1.29, 1.82) is 0 Å². The molecule has 0 bridgehead atoms. The quantitative estimate of drug-likeness (QED) is 0.487. The Balaban J connectivity index is 1.86. The summed E-state index contributed by atoms with van der Waals surface area (Å²) >= 11 is 0. The maximum Gasteiger partial charge on any atom is 0.328 e. The van der Waals surface area contributed by atoms with Gasteiger partial charge in [-0.15, -0.1) is 0 Å². The van der Waals surface area contributed by atoms with Gasteiger partial charge in [-0.3, -0.25) is 9.59 Å². The van der Waals surface area contributed by atoms with Crippen molar-refractivity contribution in [2.75, 3.05) is 7.11 Å². The van der Waals surface area contributed by atoms with Gasteiger partial charge in [0, 0.05) is 29.1 Å². The van der Waals surface area contributed by atoms with Crippen molar-refractivity contribution in [3.8, 4) is 0 Å². The molecule has 1 aromatic heterocycles. The molecule has 1 heterocycles. The molecular formula is C24H27N3O4. The predicted octanol–water partition coefficient (Wildman–Crippen LogP) is 2.82. The highest BCUT2D eigenvalue weighted by molar-refractivity contribution is 5.98. The zero-order valence-electron chi connectivity index (χ0n) is 17.8. The molecule has 0 saturated carbocycles. The van der Waals surface area contributed by atoms with E-state index in [4.69, 9.17) is 4.74 Å². The Bertz CT molecular complexity index is 1060. The van der Waals surface area contributed by atoms with Gasteiger partial charge in [0.25, 0.3) is 5.91 Å². The van der Waals surface area contributed by atoms with Gasteiger partial charge in [0.15, 0.2) is 0 Å². The number of hydrogen-bond donors (Lipinski definition) is 3. The molecule has 7 heteroatoms. The van der Waals surface area contributed by atoms with Crippen molar-refractivity contribution in [1.82, 2.24) is 15.6 Å². The van der Waals surface area contributed by atoms with E-state index in [1.165, 1.54) is 7.11 Å². The average Bonchev–Trinajstić information content (AvgIpc) is 3.19. The number of hydrogen-bond acceptors (Lipinski definition) is 4. The van der Waals surface area contributed by atoms with Gasteiger partial charge in [-0.05, 0) is 29.7 Å². The third-order valence-corrected chi connectivity index (χ3v) is 5.18. The Kier molecular flexibility index (Phi) is 7.07. The van der Waals surface area contributed by atoms with Crippen LogP contribution < -0.4 is 10.6 Å². The molecule has 7 nitrogen and oxygen atoms in total. The molecule has 3 aromatic rings. The van der Waals surface area contributed by atoms with Crippen LogP contribution in [0.1, 0.15) is 29.8 Å². The van der Waals surface area contributed by atoms with Crippen LogP contribution in [-0.4, -0.2) is 42.0 Å². The highest BCUT2D eigenvalue weighted by atomic mass is 16.5. The molecule has 0 radical (unpaired) electrons. The molecule has 0 saturated heterocycles. The number of ether oxygens (including phenoxy) is 1. The van der Waals surface area contributed by atoms with Gasteiger partial charge in [-0.1, -0.05) is 50.2 Å². The third kappa shape index (κ3) is 5.31. The van der Waals surface area contributed by atoms with Crippen LogP contribution >= 0.6 is 0 Å². The van der Waals surface area contributed by atoms with Gasteiger partial charge in [-0.2, -0.15) is 0 Å². The lowest BCUT2D eigenvalue weighted by Gasteiger charge is -2.24. The Labute approximate surface area is 181 Å². The van der Waals surface area contributed by atoms with E-state index in [1.54, 1.807) is 24.3 Å². The van der Waals surface area contributed by atoms with E-state index in [1.807, 2.05) is 50.4 Å². The largest absolute Gasteiger partial charge is 0.467 e. The summed E-state index contributed by atoms with van der Waals surface area (Å²) in [5.74, 6) is -1.50. The van der Waals surface area contributed by atoms with Crippen LogP contribution in [0.25, 0.3) is 10.9 Å². The smallest absolute Gasteiger partial charge is 0.328 e. The molecule has 0 aliphatic carbocycles. The fourth-order valence-electron chi connectivity index (χ4n) is 3.44. The molecule has 2 atom stereocenters. The van der Waals surface area contributed by atoms with Crippen LogP contribution in [0.15, 0.2) is 60.8 Å². The fraction of sp³-hybridized carbons (Fsp3) is 0.292. The summed E-state index contributed by atoms with van der Waals surface area (Å²) in [6.07, 6.45) is 2.10. The Morgan fingerprint density at radius 1 is 0.968 bits per heavy atom. The number of aromatic amines is 1. The number of fused-ring (bicyclic) bond motifs is 1. The number of rotatable bonds is 8. The maximum atomic E-state index is 13.2. The summed E-state index contributed by atoms with van der Waals surface area (Å²) in [5.41, 5.74) is 2.29. The molecule has 0 aliphatic rings. The monoisotopic (exact) mass is 421 g/mol. The molecule has 0 unspecified atom stereocenters. The second kappa shape index (κ2) is 9.93. The summed E-state index contributed by atoms with van der Waals surface area (Å²) in [4.78, 5) is 41.2. The highest BCUT2D eigenvalue weighted by Crippen LogP contribution is 2.19. The number of aromatic nitrogens is 1. The van der Waals surface area contributed by atoms with Crippen molar-refractivity contribution in [3.05, 3.63) is 71.9 Å². The normalized spacial score (nSPS) is 12.9. The van der Waals surface area contributed by atoms with Gasteiger partial charge in [0.1, 0.15) is 12.1 Å². The van der Waals surface area contributed by atoms with Gasteiger partial charge in [0.2, 0.25) is 5.91 Å². The molecule has 0 spiro atoms. The van der Waals surface area contributed by atoms with Gasteiger partial charge >= 0.3 is 5.97 Å². The zero-order chi connectivity index (χ0) is 22.4. The maximum absolute atomic E-state index is 13.2. The molecule has 3 N–H and O–H groups in total. The van der Waals surface area contributed by atoms with Gasteiger partial charge in [-0.25, -0.2) is 4.79 Å². The lowest BCUT2D eigenvalue weighted by atomic mass is 10.0. The standard InChI is InChI=1S/C24H27N3O4/c1-15(2)21(24(30)31-3)27-23(29)20(26-22(28)16-9-5-4-6-10-16)13-17-14-25-19-12-8-7-11-18(17)19/h4-12,14-15,20-21,25H,13H2,1-3H3,(H,26,28)(H,27,29)/t20-,21+/m0/s1. The highest BCUT2D eigenvalue weighted by Gasteiger charge is 2.30. The predicted molar refractivity (Wildman–Crippen MR) is 118 cm³/mol. The van der Waals surface area contributed by atoms with E-state index in [-0.39, 0.29) is 18.2 Å². The second-order valence-electron chi connectivity index (χ2n) is 7.71. The molecule has 31 heavy (non-hydrogen) atoms. The topological polar surface area (TPSA) is 100 Å². The summed E-state index contributed by atoms with van der Waals surface area (Å²) < 4.78 is 4.82. The Morgan fingerprint density at radius 3 is 2.32 bits per heavy atom. The Hall–Kier alpha value is -3.61. The van der Waals surface area contributed by atoms with Crippen molar-refractivity contribution in [2.24, 2.45) is 5.92 Å². The lowest BCUT2D eigenvalue weighted by molar-refractivity contribution is -0.146. The molecule has 2 amide bonds. The number of H-pyrrole nitrogens is 1. The number of methoxy groups -OCH3 is 1. The van der Waals surface area contributed by atoms with E-state index in [9.17, 15) is 14.4 Å². The van der Waals surface area contributed by atoms with E-state index in [0.717, 1.165) is 16.5 Å².